The van der Waals surface area contributed by atoms with Gasteiger partial charge in [-0.15, -0.1) is 0 Å². The maximum atomic E-state index is 10.4. The lowest BCUT2D eigenvalue weighted by molar-refractivity contribution is -0.884. The Balaban J connectivity index is 1.73. The molecule has 3 heterocycles. The van der Waals surface area contributed by atoms with Crippen LogP contribution in [0.4, 0.5) is 0 Å². The van der Waals surface area contributed by atoms with Gasteiger partial charge in [-0.1, -0.05) is 11.2 Å². The van der Waals surface area contributed by atoms with Gasteiger partial charge in [-0.3, -0.25) is 5.21 Å². The fourth-order valence-corrected chi connectivity index (χ4v) is 4.66. The second kappa shape index (κ2) is 6.41. The molecular formula is C25H23N4O2+. The van der Waals surface area contributed by atoms with Crippen LogP contribution in [0.15, 0.2) is 47.1 Å². The first-order valence-electron chi connectivity index (χ1n) is 10.6. The van der Waals surface area contributed by atoms with Gasteiger partial charge >= 0.3 is 0 Å². The molecule has 0 aliphatic heterocycles. The van der Waals surface area contributed by atoms with Gasteiger partial charge in [0.05, 0.1) is 22.1 Å². The molecular weight excluding hydrogens is 388 g/mol. The van der Waals surface area contributed by atoms with Crippen LogP contribution in [0.25, 0.3) is 44.2 Å². The van der Waals surface area contributed by atoms with Crippen LogP contribution < -0.4 is 4.73 Å². The molecule has 0 radical (unpaired) electrons. The van der Waals surface area contributed by atoms with Crippen LogP contribution in [0.2, 0.25) is 0 Å². The summed E-state index contributed by atoms with van der Waals surface area (Å²) in [7, 11) is 0. The Bertz CT molecular complexity index is 1470. The summed E-state index contributed by atoms with van der Waals surface area (Å²) < 4.78 is 6.63. The van der Waals surface area contributed by atoms with E-state index in [1.807, 2.05) is 38.1 Å². The van der Waals surface area contributed by atoms with Gasteiger partial charge in [0.15, 0.2) is 0 Å². The topological polar surface area (TPSA) is 78.8 Å². The van der Waals surface area contributed by atoms with Crippen molar-refractivity contribution in [1.29, 1.82) is 0 Å². The Hall–Kier alpha value is -3.67. The molecule has 0 saturated heterocycles. The highest BCUT2D eigenvalue weighted by molar-refractivity contribution is 6.05. The lowest BCUT2D eigenvalue weighted by atomic mass is 9.91. The molecule has 1 fully saturated rings. The van der Waals surface area contributed by atoms with E-state index in [0.717, 1.165) is 67.0 Å². The summed E-state index contributed by atoms with van der Waals surface area (Å²) >= 11 is 0. The van der Waals surface area contributed by atoms with Gasteiger partial charge in [0.25, 0.3) is 5.52 Å². The van der Waals surface area contributed by atoms with Crippen LogP contribution in [0, 0.1) is 20.8 Å². The highest BCUT2D eigenvalue weighted by atomic mass is 16.5. The van der Waals surface area contributed by atoms with Crippen molar-refractivity contribution >= 4 is 21.9 Å². The number of H-pyrrole nitrogens is 1. The smallest absolute Gasteiger partial charge is 0.265 e. The van der Waals surface area contributed by atoms with Crippen molar-refractivity contribution in [1.82, 2.24) is 15.1 Å². The van der Waals surface area contributed by atoms with Crippen LogP contribution in [-0.2, 0) is 0 Å². The van der Waals surface area contributed by atoms with Crippen molar-refractivity contribution in [2.45, 2.75) is 39.5 Å². The van der Waals surface area contributed by atoms with Crippen molar-refractivity contribution in [3.8, 4) is 22.3 Å². The van der Waals surface area contributed by atoms with Crippen molar-refractivity contribution in [2.75, 3.05) is 0 Å². The standard InChI is InChI=1S/C25H22N4O2/c1-13-6-9-21-18(5-4-10-29(21)30)22(13)19-11-17(23-14(2)28-31-15(23)3)12-20-24(19)27-25(26-20)16-7-8-16/h4-6,9-12,16,30H,7-8H2,1-3H3/p+1. The monoisotopic (exact) mass is 411 g/mol. The van der Waals surface area contributed by atoms with E-state index >= 15 is 0 Å². The summed E-state index contributed by atoms with van der Waals surface area (Å²) in [5.41, 5.74) is 8.92. The van der Waals surface area contributed by atoms with Crippen LogP contribution >= 0.6 is 0 Å². The highest BCUT2D eigenvalue weighted by Gasteiger charge is 2.28. The van der Waals surface area contributed by atoms with Crippen molar-refractivity contribution < 1.29 is 14.5 Å². The van der Waals surface area contributed by atoms with Gasteiger partial charge in [-0.05, 0) is 62.9 Å². The largest absolute Gasteiger partial charge is 0.361 e. The molecule has 6 nitrogen and oxygen atoms in total. The zero-order valence-corrected chi connectivity index (χ0v) is 17.7. The van der Waals surface area contributed by atoms with Gasteiger partial charge in [-0.2, -0.15) is 0 Å². The molecule has 6 rings (SSSR count). The first-order valence-corrected chi connectivity index (χ1v) is 10.6. The molecule has 2 aromatic carbocycles. The summed E-state index contributed by atoms with van der Waals surface area (Å²) in [6, 6.07) is 12.2. The number of fused-ring (bicyclic) bond motifs is 2. The van der Waals surface area contributed by atoms with Crippen LogP contribution in [0.3, 0.4) is 0 Å². The minimum absolute atomic E-state index is 0.524. The molecule has 2 N–H and O–H groups in total. The Morgan fingerprint density at radius 3 is 2.68 bits per heavy atom. The molecule has 5 aromatic rings. The molecule has 0 unspecified atom stereocenters. The second-order valence-corrected chi connectivity index (χ2v) is 8.56. The Labute approximate surface area is 179 Å². The number of nitrogens with one attached hydrogen (secondary N) is 1. The second-order valence-electron chi connectivity index (χ2n) is 8.56. The number of benzene rings is 2. The zero-order valence-electron chi connectivity index (χ0n) is 17.7. The van der Waals surface area contributed by atoms with Gasteiger partial charge in [0.2, 0.25) is 6.20 Å². The maximum absolute atomic E-state index is 10.4. The summed E-state index contributed by atoms with van der Waals surface area (Å²) in [4.78, 5) is 8.60. The maximum Gasteiger partial charge on any atom is 0.265 e. The van der Waals surface area contributed by atoms with E-state index < -0.39 is 0 Å². The average Bonchev–Trinajstić information content (AvgIpc) is 3.42. The quantitative estimate of drug-likeness (QED) is 0.309. The van der Waals surface area contributed by atoms with E-state index in [0.29, 0.717) is 5.92 Å². The zero-order chi connectivity index (χ0) is 21.3. The summed E-state index contributed by atoms with van der Waals surface area (Å²) in [6.45, 7) is 6.02. The molecule has 1 aliphatic rings. The molecule has 3 aromatic heterocycles. The molecule has 0 bridgehead atoms. The summed E-state index contributed by atoms with van der Waals surface area (Å²) in [5.74, 6) is 2.38. The van der Waals surface area contributed by atoms with Gasteiger partial charge in [-0.25, -0.2) is 4.98 Å². The third kappa shape index (κ3) is 2.75. The van der Waals surface area contributed by atoms with Crippen LogP contribution in [-0.4, -0.2) is 20.3 Å². The fourth-order valence-electron chi connectivity index (χ4n) is 4.66. The van der Waals surface area contributed by atoms with E-state index in [9.17, 15) is 5.21 Å². The third-order valence-electron chi connectivity index (χ3n) is 6.33. The van der Waals surface area contributed by atoms with Gasteiger partial charge < -0.3 is 9.51 Å². The van der Waals surface area contributed by atoms with Crippen molar-refractivity contribution in [3.05, 3.63) is 65.4 Å². The molecule has 1 saturated carbocycles. The van der Waals surface area contributed by atoms with Crippen LogP contribution in [0.1, 0.15) is 41.6 Å². The third-order valence-corrected chi connectivity index (χ3v) is 6.33. The Kier molecular flexibility index (Phi) is 3.75. The summed E-state index contributed by atoms with van der Waals surface area (Å²) in [5, 5.41) is 15.5. The lowest BCUT2D eigenvalue weighted by Crippen LogP contribution is -2.29. The van der Waals surface area contributed by atoms with Crippen LogP contribution in [0.5, 0.6) is 0 Å². The van der Waals surface area contributed by atoms with Crippen molar-refractivity contribution in [3.63, 3.8) is 0 Å². The molecule has 0 amide bonds. The molecule has 31 heavy (non-hydrogen) atoms. The van der Waals surface area contributed by atoms with E-state index in [1.165, 1.54) is 17.6 Å². The van der Waals surface area contributed by atoms with Crippen molar-refractivity contribution in [2.24, 2.45) is 0 Å². The fraction of sp³-hybridized carbons (Fsp3) is 0.240. The average molecular weight is 411 g/mol. The molecule has 0 atom stereocenters. The number of imidazole rings is 1. The predicted molar refractivity (Wildman–Crippen MR) is 118 cm³/mol. The predicted octanol–water partition coefficient (Wildman–Crippen LogP) is 5.37. The molecule has 0 spiro atoms. The minimum atomic E-state index is 0.524. The first kappa shape index (κ1) is 18.1. The number of hydrogen-bond donors (Lipinski definition) is 2. The minimum Gasteiger partial charge on any atom is -0.361 e. The number of aromatic nitrogens is 4. The van der Waals surface area contributed by atoms with E-state index in [2.05, 4.69) is 29.2 Å². The number of rotatable bonds is 3. The van der Waals surface area contributed by atoms with E-state index in [1.54, 1.807) is 6.20 Å². The van der Waals surface area contributed by atoms with E-state index in [4.69, 9.17) is 9.51 Å². The normalized spacial score (nSPS) is 14.0. The summed E-state index contributed by atoms with van der Waals surface area (Å²) in [6.07, 6.45) is 4.02. The molecule has 154 valence electrons. The molecule has 1 aliphatic carbocycles. The number of nitrogens with zero attached hydrogens (tertiary/aromatic N) is 3. The van der Waals surface area contributed by atoms with E-state index in [-0.39, 0.29) is 0 Å². The first-order chi connectivity index (χ1) is 15.0. The number of aromatic amines is 1. The Morgan fingerprint density at radius 2 is 1.94 bits per heavy atom. The number of aryl methyl sites for hydroxylation is 3. The number of hydrogen-bond acceptors (Lipinski definition) is 4. The van der Waals surface area contributed by atoms with Gasteiger partial charge in [0, 0.05) is 39.5 Å². The van der Waals surface area contributed by atoms with Gasteiger partial charge in [0.1, 0.15) is 11.6 Å². The number of pyridine rings is 1. The lowest BCUT2D eigenvalue weighted by Gasteiger charge is -2.12. The Morgan fingerprint density at radius 1 is 1.10 bits per heavy atom. The molecule has 6 heteroatoms. The SMILES string of the molecule is Cc1ccc2c(ccc[n+]2O)c1-c1cc(-c2c(C)noc2C)cc2[nH]c(C3CC3)nc12. The highest BCUT2D eigenvalue weighted by Crippen LogP contribution is 2.43.